The molecule has 0 saturated carbocycles. The van der Waals surface area contributed by atoms with Crippen LogP contribution in [0.5, 0.6) is 0 Å². The van der Waals surface area contributed by atoms with Gasteiger partial charge < -0.3 is 15.4 Å². The van der Waals surface area contributed by atoms with Crippen LogP contribution in [0.4, 0.5) is 0 Å². The fraction of sp³-hybridized carbons (Fsp3) is 0.550. The number of nitrogens with two attached hydrogens (primary N) is 1. The molecule has 7 nitrogen and oxygen atoms in total. The SMILES string of the molecule is CN(CC(C)(C)CN)C(=O)c1ccc2c(c1)C(=O)N(CC1CCCO1)C2=O. The summed E-state index contributed by atoms with van der Waals surface area (Å²) in [4.78, 5) is 40.9. The van der Waals surface area contributed by atoms with E-state index >= 15 is 0 Å². The van der Waals surface area contributed by atoms with Crippen molar-refractivity contribution in [3.05, 3.63) is 34.9 Å². The minimum absolute atomic E-state index is 0.0991. The topological polar surface area (TPSA) is 92.9 Å². The fourth-order valence-corrected chi connectivity index (χ4v) is 3.58. The predicted molar refractivity (Wildman–Crippen MR) is 101 cm³/mol. The van der Waals surface area contributed by atoms with E-state index in [9.17, 15) is 14.4 Å². The Labute approximate surface area is 159 Å². The van der Waals surface area contributed by atoms with E-state index in [1.165, 1.54) is 11.0 Å². The Hall–Kier alpha value is -2.25. The Morgan fingerprint density at radius 1 is 1.30 bits per heavy atom. The number of carbonyl (C=O) groups excluding carboxylic acids is 3. The lowest BCUT2D eigenvalue weighted by atomic mass is 9.93. The molecule has 1 fully saturated rings. The van der Waals surface area contributed by atoms with Crippen LogP contribution in [-0.4, -0.2) is 66.9 Å². The molecule has 1 unspecified atom stereocenters. The van der Waals surface area contributed by atoms with Gasteiger partial charge in [-0.1, -0.05) is 13.8 Å². The van der Waals surface area contributed by atoms with Crippen LogP contribution in [-0.2, 0) is 4.74 Å². The number of hydrogen-bond acceptors (Lipinski definition) is 5. The molecule has 0 spiro atoms. The van der Waals surface area contributed by atoms with Crippen molar-refractivity contribution in [3.8, 4) is 0 Å². The van der Waals surface area contributed by atoms with Crippen molar-refractivity contribution in [1.82, 2.24) is 9.80 Å². The summed E-state index contributed by atoms with van der Waals surface area (Å²) in [6, 6.07) is 4.70. The molecule has 146 valence electrons. The third-order valence-electron chi connectivity index (χ3n) is 5.19. The zero-order valence-electron chi connectivity index (χ0n) is 16.2. The highest BCUT2D eigenvalue weighted by Gasteiger charge is 2.38. The molecule has 1 aromatic carbocycles. The Bertz CT molecular complexity index is 768. The van der Waals surface area contributed by atoms with Crippen molar-refractivity contribution in [3.63, 3.8) is 0 Å². The molecule has 7 heteroatoms. The summed E-state index contributed by atoms with van der Waals surface area (Å²) in [5.41, 5.74) is 6.57. The molecule has 2 heterocycles. The van der Waals surface area contributed by atoms with Gasteiger partial charge in [0.2, 0.25) is 0 Å². The summed E-state index contributed by atoms with van der Waals surface area (Å²) in [7, 11) is 1.71. The largest absolute Gasteiger partial charge is 0.376 e. The summed E-state index contributed by atoms with van der Waals surface area (Å²) in [5, 5.41) is 0. The first kappa shape index (κ1) is 19.5. The maximum atomic E-state index is 12.7. The minimum atomic E-state index is -0.356. The van der Waals surface area contributed by atoms with E-state index < -0.39 is 0 Å². The Kier molecular flexibility index (Phi) is 5.35. The van der Waals surface area contributed by atoms with Gasteiger partial charge in [-0.05, 0) is 43.0 Å². The van der Waals surface area contributed by atoms with Gasteiger partial charge in [-0.3, -0.25) is 19.3 Å². The van der Waals surface area contributed by atoms with Crippen LogP contribution in [0.3, 0.4) is 0 Å². The van der Waals surface area contributed by atoms with Gasteiger partial charge in [0.05, 0.1) is 23.8 Å². The van der Waals surface area contributed by atoms with Crippen LogP contribution in [0.1, 0.15) is 57.8 Å². The zero-order chi connectivity index (χ0) is 19.8. The van der Waals surface area contributed by atoms with E-state index in [0.29, 0.717) is 30.8 Å². The lowest BCUT2D eigenvalue weighted by Crippen LogP contribution is -2.39. The zero-order valence-corrected chi connectivity index (χ0v) is 16.2. The van der Waals surface area contributed by atoms with Crippen LogP contribution in [0, 0.1) is 5.41 Å². The predicted octanol–water partition coefficient (Wildman–Crippen LogP) is 1.52. The summed E-state index contributed by atoms with van der Waals surface area (Å²) in [5.74, 6) is -0.871. The van der Waals surface area contributed by atoms with Crippen LogP contribution in [0.25, 0.3) is 0 Å². The van der Waals surface area contributed by atoms with E-state index in [0.717, 1.165) is 12.8 Å². The normalized spacial score (nSPS) is 19.6. The van der Waals surface area contributed by atoms with Crippen molar-refractivity contribution < 1.29 is 19.1 Å². The van der Waals surface area contributed by atoms with E-state index in [-0.39, 0.29) is 41.3 Å². The number of nitrogens with zero attached hydrogens (tertiary/aromatic N) is 2. The molecular formula is C20H27N3O4. The van der Waals surface area contributed by atoms with Crippen LogP contribution in [0.2, 0.25) is 0 Å². The second-order valence-electron chi connectivity index (χ2n) is 8.15. The number of hydrogen-bond donors (Lipinski definition) is 1. The third kappa shape index (κ3) is 3.89. The quantitative estimate of drug-likeness (QED) is 0.763. The molecule has 2 aliphatic rings. The molecule has 2 N–H and O–H groups in total. The smallest absolute Gasteiger partial charge is 0.261 e. The molecule has 1 aromatic rings. The summed E-state index contributed by atoms with van der Waals surface area (Å²) in [6.07, 6.45) is 1.69. The minimum Gasteiger partial charge on any atom is -0.376 e. The Balaban J connectivity index is 1.78. The van der Waals surface area contributed by atoms with Crippen LogP contribution in [0.15, 0.2) is 18.2 Å². The summed E-state index contributed by atoms with van der Waals surface area (Å²) >= 11 is 0. The number of benzene rings is 1. The lowest BCUT2D eigenvalue weighted by molar-refractivity contribution is 0.0475. The molecular weight excluding hydrogens is 346 g/mol. The van der Waals surface area contributed by atoms with Gasteiger partial charge >= 0.3 is 0 Å². The number of imide groups is 1. The number of carbonyl (C=O) groups is 3. The first-order valence-corrected chi connectivity index (χ1v) is 9.31. The highest BCUT2D eigenvalue weighted by molar-refractivity contribution is 6.22. The van der Waals surface area contributed by atoms with Gasteiger partial charge in [0.15, 0.2) is 0 Å². The Morgan fingerprint density at radius 2 is 2.00 bits per heavy atom. The Morgan fingerprint density at radius 3 is 2.63 bits per heavy atom. The highest BCUT2D eigenvalue weighted by Crippen LogP contribution is 2.26. The molecule has 0 aromatic heterocycles. The number of ether oxygens (including phenoxy) is 1. The van der Waals surface area contributed by atoms with Gasteiger partial charge in [-0.15, -0.1) is 0 Å². The number of fused-ring (bicyclic) bond motifs is 1. The maximum absolute atomic E-state index is 12.7. The second kappa shape index (κ2) is 7.40. The van der Waals surface area contributed by atoms with Crippen molar-refractivity contribution >= 4 is 17.7 Å². The van der Waals surface area contributed by atoms with Gasteiger partial charge in [-0.2, -0.15) is 0 Å². The molecule has 3 amide bonds. The van der Waals surface area contributed by atoms with Crippen molar-refractivity contribution in [1.29, 1.82) is 0 Å². The average Bonchev–Trinajstić information content (AvgIpc) is 3.23. The van der Waals surface area contributed by atoms with E-state index in [1.807, 2.05) is 13.8 Å². The molecule has 2 aliphatic heterocycles. The number of rotatable bonds is 6. The first-order chi connectivity index (χ1) is 12.7. The molecule has 3 rings (SSSR count). The van der Waals surface area contributed by atoms with Crippen molar-refractivity contribution in [2.24, 2.45) is 11.1 Å². The lowest BCUT2D eigenvalue weighted by Gasteiger charge is -2.29. The molecule has 0 aliphatic carbocycles. The van der Waals surface area contributed by atoms with Crippen LogP contribution < -0.4 is 5.73 Å². The molecule has 0 bridgehead atoms. The van der Waals surface area contributed by atoms with Gasteiger partial charge in [0.1, 0.15) is 0 Å². The standard InChI is InChI=1S/C20H27N3O4/c1-20(2,11-21)12-22(3)17(24)13-6-7-15-16(9-13)19(26)23(18(15)25)10-14-5-4-8-27-14/h6-7,9,14H,4-5,8,10-12,21H2,1-3H3. The fourth-order valence-electron chi connectivity index (χ4n) is 3.58. The van der Waals surface area contributed by atoms with E-state index in [1.54, 1.807) is 24.1 Å². The third-order valence-corrected chi connectivity index (χ3v) is 5.19. The second-order valence-corrected chi connectivity index (χ2v) is 8.15. The van der Waals surface area contributed by atoms with Gasteiger partial charge in [-0.25, -0.2) is 0 Å². The monoisotopic (exact) mass is 373 g/mol. The molecule has 27 heavy (non-hydrogen) atoms. The highest BCUT2D eigenvalue weighted by atomic mass is 16.5. The van der Waals surface area contributed by atoms with Gasteiger partial charge in [0, 0.05) is 25.8 Å². The summed E-state index contributed by atoms with van der Waals surface area (Å²) < 4.78 is 5.54. The molecule has 1 saturated heterocycles. The van der Waals surface area contributed by atoms with Gasteiger partial charge in [0.25, 0.3) is 17.7 Å². The summed E-state index contributed by atoms with van der Waals surface area (Å²) in [6.45, 7) is 5.87. The van der Waals surface area contributed by atoms with Crippen molar-refractivity contribution in [2.45, 2.75) is 32.8 Å². The van der Waals surface area contributed by atoms with Crippen molar-refractivity contribution in [2.75, 3.05) is 33.3 Å². The maximum Gasteiger partial charge on any atom is 0.261 e. The van der Waals surface area contributed by atoms with Crippen LogP contribution >= 0.6 is 0 Å². The number of amides is 3. The molecule has 0 radical (unpaired) electrons. The first-order valence-electron chi connectivity index (χ1n) is 9.31. The van der Waals surface area contributed by atoms with E-state index in [4.69, 9.17) is 10.5 Å². The van der Waals surface area contributed by atoms with E-state index in [2.05, 4.69) is 0 Å². The average molecular weight is 373 g/mol. The molecule has 1 atom stereocenters.